The zero-order valence-electron chi connectivity index (χ0n) is 22.5. The summed E-state index contributed by atoms with van der Waals surface area (Å²) in [4.78, 5) is 51.6. The average molecular weight is 661 g/mol. The summed E-state index contributed by atoms with van der Waals surface area (Å²) in [5.41, 5.74) is 12.4. The predicted octanol–water partition coefficient (Wildman–Crippen LogP) is -3.63. The number of carbonyl (C=O) groups is 1. The molecule has 240 valence electrons. The minimum atomic E-state index is -4.95. The number of phosphoric ester groups is 1. The van der Waals surface area contributed by atoms with Gasteiger partial charge in [0, 0.05) is 6.42 Å². The Hall–Kier alpha value is -2.69. The maximum Gasteiger partial charge on any atom is 0.472 e. The molecule has 22 nitrogen and oxygen atoms in total. The second kappa shape index (κ2) is 11.0. The van der Waals surface area contributed by atoms with Gasteiger partial charge in [-0.2, -0.15) is 0 Å². The zero-order valence-corrected chi connectivity index (χ0v) is 24.3. The number of imidazole rings is 1. The van der Waals surface area contributed by atoms with Crippen molar-refractivity contribution >= 4 is 44.8 Å². The first kappa shape index (κ1) is 30.0. The van der Waals surface area contributed by atoms with E-state index < -0.39 is 96.1 Å². The van der Waals surface area contributed by atoms with Gasteiger partial charge in [-0.3, -0.25) is 39.0 Å². The quantitative estimate of drug-likeness (QED) is 0.144. The van der Waals surface area contributed by atoms with Crippen molar-refractivity contribution in [3.63, 3.8) is 0 Å². The lowest BCUT2D eigenvalue weighted by molar-refractivity contribution is -0.130. The van der Waals surface area contributed by atoms with Crippen LogP contribution in [0.5, 0.6) is 0 Å². The first-order chi connectivity index (χ1) is 20.9. The van der Waals surface area contributed by atoms with Crippen molar-refractivity contribution in [3.8, 4) is 0 Å². The lowest BCUT2D eigenvalue weighted by Gasteiger charge is -2.39. The Bertz CT molecular complexity index is 1580. The first-order valence-electron chi connectivity index (χ1n) is 13.3. The number of aliphatic imine (C=N–C) groups is 1. The van der Waals surface area contributed by atoms with Crippen molar-refractivity contribution in [2.24, 2.45) is 10.7 Å². The maximum atomic E-state index is 13.2. The van der Waals surface area contributed by atoms with Gasteiger partial charge >= 0.3 is 15.6 Å². The number of ether oxygens (including phenoxy) is 2. The Labute approximate surface area is 247 Å². The molecule has 2 bridgehead atoms. The molecule has 24 heteroatoms. The van der Waals surface area contributed by atoms with Gasteiger partial charge in [0.2, 0.25) is 0 Å². The number of anilines is 1. The summed E-state index contributed by atoms with van der Waals surface area (Å²) in [5.74, 6) is -0.341. The van der Waals surface area contributed by atoms with E-state index in [1.165, 1.54) is 28.5 Å². The molecule has 5 aliphatic heterocycles. The van der Waals surface area contributed by atoms with Gasteiger partial charge in [-0.25, -0.2) is 29.2 Å². The zero-order chi connectivity index (χ0) is 31.0. The van der Waals surface area contributed by atoms with Gasteiger partial charge in [0.1, 0.15) is 54.9 Å². The highest BCUT2D eigenvalue weighted by molar-refractivity contribution is 7.50. The number of fused-ring (bicyclic) bond motifs is 5. The normalized spacial score (nSPS) is 44.5. The number of nitrogens with two attached hydrogens (primary N) is 2. The highest BCUT2D eigenvalue weighted by Crippen LogP contribution is 2.50. The molecule has 7 rings (SSSR count). The molecule has 0 saturated carbocycles. The van der Waals surface area contributed by atoms with Gasteiger partial charge < -0.3 is 40.3 Å². The third-order valence-corrected chi connectivity index (χ3v) is 9.98. The monoisotopic (exact) mass is 661 g/mol. The van der Waals surface area contributed by atoms with E-state index >= 15 is 0 Å². The fourth-order valence-electron chi connectivity index (χ4n) is 5.80. The van der Waals surface area contributed by atoms with Crippen LogP contribution in [-0.4, -0.2) is 120 Å². The number of aliphatic hydroxyl groups is 1. The third-order valence-electron chi connectivity index (χ3n) is 7.84. The van der Waals surface area contributed by atoms with E-state index in [-0.39, 0.29) is 12.2 Å². The lowest BCUT2D eigenvalue weighted by Crippen LogP contribution is -2.70. The van der Waals surface area contributed by atoms with E-state index in [1.54, 1.807) is 0 Å². The van der Waals surface area contributed by atoms with Gasteiger partial charge in [-0.05, 0) is 0 Å². The molecule has 12 unspecified atom stereocenters. The van der Waals surface area contributed by atoms with Gasteiger partial charge in [0.25, 0.3) is 5.91 Å². The summed E-state index contributed by atoms with van der Waals surface area (Å²) in [6.45, 7) is -1.22. The number of nitrogen functional groups attached to an aromatic ring is 1. The van der Waals surface area contributed by atoms with Crippen LogP contribution in [0.3, 0.4) is 0 Å². The van der Waals surface area contributed by atoms with Crippen LogP contribution in [0.4, 0.5) is 5.82 Å². The topological polar surface area (TPSA) is 305 Å². The van der Waals surface area contributed by atoms with E-state index in [4.69, 9.17) is 34.5 Å². The van der Waals surface area contributed by atoms with Crippen molar-refractivity contribution in [3.05, 3.63) is 12.7 Å². The Morgan fingerprint density at radius 3 is 2.70 bits per heavy atom. The number of nitrogens with one attached hydrogen (secondary N) is 3. The molecule has 0 aromatic carbocycles. The van der Waals surface area contributed by atoms with Gasteiger partial charge in [-0.15, -0.1) is 0 Å². The number of phosphoric acid groups is 1. The molecule has 10 N–H and O–H groups in total. The van der Waals surface area contributed by atoms with Crippen LogP contribution in [0.25, 0.3) is 11.2 Å². The van der Waals surface area contributed by atoms with Gasteiger partial charge in [0.15, 0.2) is 23.7 Å². The van der Waals surface area contributed by atoms with E-state index in [2.05, 4.69) is 35.7 Å². The first-order valence-corrected chi connectivity index (χ1v) is 16.4. The number of aliphatic hydroxyl groups excluding tert-OH is 1. The highest BCUT2D eigenvalue weighted by Gasteiger charge is 2.55. The number of rotatable bonds is 2. The molecule has 5 aliphatic rings. The van der Waals surface area contributed by atoms with Crippen LogP contribution >= 0.6 is 15.6 Å². The fraction of sp³-hybridized carbons (Fsp3) is 0.650. The molecular weight excluding hydrogens is 632 g/mol. The van der Waals surface area contributed by atoms with E-state index in [1.807, 2.05) is 0 Å². The SMILES string of the molecule is Nc1ncnc2c1ncn2C1CC2NP(=O)(O)OCC3OC(N4C=NC5C(=O)NC(N)NC54)C(OP(=O)(O)OCC2O1)C3O. The van der Waals surface area contributed by atoms with Gasteiger partial charge in [-0.1, -0.05) is 0 Å². The Morgan fingerprint density at radius 2 is 1.89 bits per heavy atom. The Balaban J connectivity index is 1.14. The summed E-state index contributed by atoms with van der Waals surface area (Å²) < 4.78 is 55.8. The lowest BCUT2D eigenvalue weighted by atomic mass is 10.1. The molecule has 0 aliphatic carbocycles. The van der Waals surface area contributed by atoms with Crippen molar-refractivity contribution in [2.75, 3.05) is 18.9 Å². The minimum Gasteiger partial charge on any atom is -0.387 e. The number of carbonyl (C=O) groups excluding carboxylic acids is 1. The summed E-state index contributed by atoms with van der Waals surface area (Å²) in [5, 5.41) is 18.9. The fourth-order valence-corrected chi connectivity index (χ4v) is 7.84. The summed E-state index contributed by atoms with van der Waals surface area (Å²) in [6.07, 6.45) is -5.60. The molecule has 4 saturated heterocycles. The van der Waals surface area contributed by atoms with Crippen molar-refractivity contribution < 1.29 is 51.9 Å². The molecule has 1 amide bonds. The predicted molar refractivity (Wildman–Crippen MR) is 143 cm³/mol. The second-order valence-corrected chi connectivity index (χ2v) is 13.6. The second-order valence-electron chi connectivity index (χ2n) is 10.6. The molecule has 44 heavy (non-hydrogen) atoms. The molecule has 4 fully saturated rings. The molecular formula is C20H29N11O11P2. The van der Waals surface area contributed by atoms with E-state index in [0.29, 0.717) is 11.2 Å². The number of nitrogens with zero attached hydrogens (tertiary/aromatic N) is 6. The standard InChI is InChI=1S/C20H29N11O11P2/c21-15-11-16(24-4-23-15)30(5-25-11)10-1-7-8(40-10)2-39-44(36,37)42-14-13(32)9(3-38-43(34,35)29-7)41-19(14)31-6-26-12-17(31)27-20(22)28-18(12)33/h4-10,12-14,17,19-20,27,32H,1-3,22H2,(H,28,33)(H,36,37)(H2,21,23,24)(H2,29,34,35). The number of aromatic nitrogens is 4. The number of hydrogen-bond acceptors (Lipinski definition) is 17. The number of amides is 1. The van der Waals surface area contributed by atoms with E-state index in [9.17, 15) is 28.8 Å². The van der Waals surface area contributed by atoms with Crippen molar-refractivity contribution in [2.45, 2.75) is 67.8 Å². The van der Waals surface area contributed by atoms with Crippen molar-refractivity contribution in [1.29, 1.82) is 0 Å². The maximum absolute atomic E-state index is 13.2. The van der Waals surface area contributed by atoms with Crippen LogP contribution in [0.2, 0.25) is 0 Å². The molecule has 0 spiro atoms. The third kappa shape index (κ3) is 5.41. The van der Waals surface area contributed by atoms with Crippen LogP contribution in [0.1, 0.15) is 12.6 Å². The molecule has 12 atom stereocenters. The van der Waals surface area contributed by atoms with Crippen LogP contribution < -0.4 is 27.2 Å². The highest BCUT2D eigenvalue weighted by atomic mass is 31.2. The number of hydrogen-bond donors (Lipinski definition) is 8. The van der Waals surface area contributed by atoms with Crippen molar-refractivity contribution in [1.82, 2.24) is 40.1 Å². The summed E-state index contributed by atoms with van der Waals surface area (Å²) in [7, 11) is -9.55. The molecule has 2 aromatic rings. The smallest absolute Gasteiger partial charge is 0.387 e. The Morgan fingerprint density at radius 1 is 1.09 bits per heavy atom. The van der Waals surface area contributed by atoms with Gasteiger partial charge in [0.05, 0.1) is 31.9 Å². The van der Waals surface area contributed by atoms with Crippen LogP contribution in [0.15, 0.2) is 17.6 Å². The summed E-state index contributed by atoms with van der Waals surface area (Å²) >= 11 is 0. The molecule has 2 aromatic heterocycles. The molecule has 7 heterocycles. The largest absolute Gasteiger partial charge is 0.472 e. The van der Waals surface area contributed by atoms with E-state index in [0.717, 1.165) is 0 Å². The van der Waals surface area contributed by atoms with Crippen LogP contribution in [-0.2, 0) is 37.0 Å². The van der Waals surface area contributed by atoms with Crippen LogP contribution in [0, 0.1) is 0 Å². The molecule has 0 radical (unpaired) electrons. The Kier molecular flexibility index (Phi) is 7.49. The average Bonchev–Trinajstić information content (AvgIpc) is 3.72. The minimum absolute atomic E-state index is 0.0563. The summed E-state index contributed by atoms with van der Waals surface area (Å²) in [6, 6.07) is -1.88.